The van der Waals surface area contributed by atoms with E-state index in [9.17, 15) is 4.79 Å². The number of anilines is 1. The predicted molar refractivity (Wildman–Crippen MR) is 136 cm³/mol. The first-order valence-electron chi connectivity index (χ1n) is 9.77. The molecule has 5 rings (SSSR count). The fraction of sp³-hybridized carbons (Fsp3) is 0.0400. The van der Waals surface area contributed by atoms with Crippen LogP contribution in [0, 0.1) is 0 Å². The van der Waals surface area contributed by atoms with Crippen LogP contribution in [0.2, 0.25) is 5.02 Å². The molecule has 0 aliphatic carbocycles. The second-order valence-electron chi connectivity index (χ2n) is 7.13. The van der Waals surface area contributed by atoms with Gasteiger partial charge in [0, 0.05) is 5.56 Å². The lowest BCUT2D eigenvalue weighted by molar-refractivity contribution is 0.102. The molecule has 1 heterocycles. The first-order chi connectivity index (χ1) is 15.5. The van der Waals surface area contributed by atoms with Crippen molar-refractivity contribution >= 4 is 71.5 Å². The summed E-state index contributed by atoms with van der Waals surface area (Å²) in [4.78, 5) is 17.9. The van der Waals surface area contributed by atoms with Crippen LogP contribution in [0.5, 0.6) is 5.75 Å². The average molecular weight is 524 g/mol. The molecule has 158 valence electrons. The van der Waals surface area contributed by atoms with Crippen LogP contribution in [0.15, 0.2) is 77.3 Å². The van der Waals surface area contributed by atoms with Gasteiger partial charge in [-0.05, 0) is 57.0 Å². The maximum atomic E-state index is 13.2. The van der Waals surface area contributed by atoms with Gasteiger partial charge in [0.15, 0.2) is 0 Å². The molecule has 0 radical (unpaired) electrons. The average Bonchev–Trinajstić information content (AvgIpc) is 3.25. The van der Waals surface area contributed by atoms with Crippen molar-refractivity contribution in [3.05, 3.63) is 87.9 Å². The molecular formula is C25H16BrClN2O2S. The number of rotatable bonds is 4. The fourth-order valence-electron chi connectivity index (χ4n) is 3.59. The van der Waals surface area contributed by atoms with Gasteiger partial charge in [-0.1, -0.05) is 54.1 Å². The van der Waals surface area contributed by atoms with E-state index in [0.29, 0.717) is 22.0 Å². The summed E-state index contributed by atoms with van der Waals surface area (Å²) in [6.45, 7) is 0. The zero-order valence-electron chi connectivity index (χ0n) is 16.9. The standard InChI is InChI=1S/C25H16BrClN2O2S/c1-31-23-17(12-14-6-2-3-7-16(14)22(23)26)24(30)28-20-13-15(10-11-18(20)27)25-29-19-8-4-5-9-21(19)32-25/h2-13H,1H3,(H,28,30). The van der Waals surface area contributed by atoms with Gasteiger partial charge in [-0.2, -0.15) is 0 Å². The molecule has 0 unspecified atom stereocenters. The van der Waals surface area contributed by atoms with E-state index in [1.807, 2.05) is 66.7 Å². The Morgan fingerprint density at radius 2 is 1.84 bits per heavy atom. The van der Waals surface area contributed by atoms with E-state index in [4.69, 9.17) is 21.3 Å². The number of carbonyl (C=O) groups is 1. The van der Waals surface area contributed by atoms with Crippen molar-refractivity contribution in [2.75, 3.05) is 12.4 Å². The first-order valence-corrected chi connectivity index (χ1v) is 11.8. The molecule has 1 aromatic heterocycles. The Balaban J connectivity index is 1.53. The van der Waals surface area contributed by atoms with E-state index in [-0.39, 0.29) is 5.91 Å². The number of methoxy groups -OCH3 is 1. The normalized spacial score (nSPS) is 11.1. The van der Waals surface area contributed by atoms with Crippen molar-refractivity contribution in [3.8, 4) is 16.3 Å². The van der Waals surface area contributed by atoms with Crippen LogP contribution < -0.4 is 10.1 Å². The smallest absolute Gasteiger partial charge is 0.259 e. The van der Waals surface area contributed by atoms with Crippen LogP contribution >= 0.6 is 38.9 Å². The van der Waals surface area contributed by atoms with Crippen molar-refractivity contribution < 1.29 is 9.53 Å². The van der Waals surface area contributed by atoms with Crippen molar-refractivity contribution in [1.82, 2.24) is 4.98 Å². The molecular weight excluding hydrogens is 508 g/mol. The number of fused-ring (bicyclic) bond motifs is 2. The summed E-state index contributed by atoms with van der Waals surface area (Å²) in [6.07, 6.45) is 0. The number of nitrogens with zero attached hydrogens (tertiary/aromatic N) is 1. The number of aromatic nitrogens is 1. The molecule has 1 amide bonds. The highest BCUT2D eigenvalue weighted by atomic mass is 79.9. The molecule has 0 spiro atoms. The highest BCUT2D eigenvalue weighted by Crippen LogP contribution is 2.38. The number of para-hydroxylation sites is 1. The van der Waals surface area contributed by atoms with Gasteiger partial charge in [-0.15, -0.1) is 11.3 Å². The fourth-order valence-corrected chi connectivity index (χ4v) is 5.46. The minimum atomic E-state index is -0.309. The molecule has 7 heteroatoms. The third-order valence-electron chi connectivity index (χ3n) is 5.15. The maximum absolute atomic E-state index is 13.2. The molecule has 0 fully saturated rings. The number of hydrogen-bond donors (Lipinski definition) is 1. The van der Waals surface area contributed by atoms with Crippen LogP contribution in [0.4, 0.5) is 5.69 Å². The lowest BCUT2D eigenvalue weighted by Gasteiger charge is -2.14. The van der Waals surface area contributed by atoms with Gasteiger partial charge in [0.05, 0.1) is 38.1 Å². The van der Waals surface area contributed by atoms with Crippen molar-refractivity contribution in [3.63, 3.8) is 0 Å². The lowest BCUT2D eigenvalue weighted by Crippen LogP contribution is -2.14. The van der Waals surface area contributed by atoms with Crippen LogP contribution in [0.1, 0.15) is 10.4 Å². The SMILES string of the molecule is COc1c(C(=O)Nc2cc(-c3nc4ccccc4s3)ccc2Cl)cc2ccccc2c1Br. The van der Waals surface area contributed by atoms with Gasteiger partial charge in [0.1, 0.15) is 10.8 Å². The van der Waals surface area contributed by atoms with Crippen LogP contribution in [-0.4, -0.2) is 18.0 Å². The minimum absolute atomic E-state index is 0.309. The second kappa shape index (κ2) is 8.54. The van der Waals surface area contributed by atoms with E-state index in [2.05, 4.69) is 21.2 Å². The van der Waals surface area contributed by atoms with Gasteiger partial charge < -0.3 is 10.1 Å². The quantitative estimate of drug-likeness (QED) is 0.261. The van der Waals surface area contributed by atoms with E-state index in [1.165, 1.54) is 0 Å². The summed E-state index contributed by atoms with van der Waals surface area (Å²) in [5, 5.41) is 6.15. The molecule has 0 aliphatic rings. The van der Waals surface area contributed by atoms with Crippen LogP contribution in [0.25, 0.3) is 31.6 Å². The largest absolute Gasteiger partial charge is 0.495 e. The Morgan fingerprint density at radius 1 is 1.06 bits per heavy atom. The monoisotopic (exact) mass is 522 g/mol. The predicted octanol–water partition coefficient (Wildman–Crippen LogP) is 7.79. The molecule has 0 aliphatic heterocycles. The van der Waals surface area contributed by atoms with Gasteiger partial charge >= 0.3 is 0 Å². The van der Waals surface area contributed by atoms with E-state index >= 15 is 0 Å². The molecule has 5 aromatic rings. The molecule has 0 saturated heterocycles. The first kappa shape index (κ1) is 20.9. The third-order valence-corrected chi connectivity index (χ3v) is 7.35. The number of amides is 1. The third kappa shape index (κ3) is 3.75. The zero-order chi connectivity index (χ0) is 22.2. The zero-order valence-corrected chi connectivity index (χ0v) is 20.0. The Bertz CT molecular complexity index is 1470. The summed E-state index contributed by atoms with van der Waals surface area (Å²) >= 11 is 11.6. The summed E-state index contributed by atoms with van der Waals surface area (Å²) < 4.78 is 7.39. The molecule has 0 atom stereocenters. The summed E-state index contributed by atoms with van der Waals surface area (Å²) in [5.41, 5.74) is 2.76. The number of ether oxygens (including phenoxy) is 1. The van der Waals surface area contributed by atoms with Gasteiger partial charge in [0.2, 0.25) is 0 Å². The summed E-state index contributed by atoms with van der Waals surface area (Å²) in [7, 11) is 1.55. The lowest BCUT2D eigenvalue weighted by atomic mass is 10.0. The Kier molecular flexibility index (Phi) is 5.59. The van der Waals surface area contributed by atoms with Gasteiger partial charge in [0.25, 0.3) is 5.91 Å². The Labute approximate surface area is 201 Å². The van der Waals surface area contributed by atoms with Gasteiger partial charge in [-0.3, -0.25) is 4.79 Å². The van der Waals surface area contributed by atoms with Crippen LogP contribution in [0.3, 0.4) is 0 Å². The number of nitrogens with one attached hydrogen (secondary N) is 1. The summed E-state index contributed by atoms with van der Waals surface area (Å²) in [6, 6.07) is 23.1. The summed E-state index contributed by atoms with van der Waals surface area (Å²) in [5.74, 6) is 0.163. The molecule has 0 bridgehead atoms. The number of thiazole rings is 1. The Morgan fingerprint density at radius 3 is 2.66 bits per heavy atom. The number of benzene rings is 4. The molecule has 32 heavy (non-hydrogen) atoms. The van der Waals surface area contributed by atoms with E-state index in [1.54, 1.807) is 24.5 Å². The van der Waals surface area contributed by atoms with Gasteiger partial charge in [-0.25, -0.2) is 4.98 Å². The maximum Gasteiger partial charge on any atom is 0.259 e. The number of carbonyl (C=O) groups excluding carboxylic acids is 1. The molecule has 1 N–H and O–H groups in total. The number of halogens is 2. The van der Waals surface area contributed by atoms with Crippen molar-refractivity contribution in [2.24, 2.45) is 0 Å². The van der Waals surface area contributed by atoms with Crippen LogP contribution in [-0.2, 0) is 0 Å². The van der Waals surface area contributed by atoms with Crippen molar-refractivity contribution in [1.29, 1.82) is 0 Å². The van der Waals surface area contributed by atoms with E-state index in [0.717, 1.165) is 36.0 Å². The number of hydrogen-bond acceptors (Lipinski definition) is 4. The molecule has 4 nitrogen and oxygen atoms in total. The molecule has 4 aromatic carbocycles. The highest BCUT2D eigenvalue weighted by Gasteiger charge is 2.19. The minimum Gasteiger partial charge on any atom is -0.495 e. The van der Waals surface area contributed by atoms with Crippen molar-refractivity contribution in [2.45, 2.75) is 0 Å². The Hall–Kier alpha value is -2.93. The molecule has 0 saturated carbocycles. The second-order valence-corrected chi connectivity index (χ2v) is 9.36. The highest BCUT2D eigenvalue weighted by molar-refractivity contribution is 9.10. The topological polar surface area (TPSA) is 51.2 Å². The van der Waals surface area contributed by atoms with E-state index < -0.39 is 0 Å².